The summed E-state index contributed by atoms with van der Waals surface area (Å²) in [6, 6.07) is 7.72. The molecule has 0 fully saturated rings. The molecule has 0 radical (unpaired) electrons. The van der Waals surface area contributed by atoms with Crippen molar-refractivity contribution < 1.29 is 0 Å². The van der Waals surface area contributed by atoms with Crippen molar-refractivity contribution in [2.24, 2.45) is 0 Å². The largest absolute Gasteiger partial charge is 0.353 e. The van der Waals surface area contributed by atoms with E-state index in [0.717, 1.165) is 21.8 Å². The molecule has 2 N–H and O–H groups in total. The van der Waals surface area contributed by atoms with Crippen molar-refractivity contribution in [1.29, 1.82) is 0 Å². The maximum absolute atomic E-state index is 11.2. The second kappa shape index (κ2) is 2.73. The van der Waals surface area contributed by atoms with Crippen LogP contribution in [-0.2, 0) is 0 Å². The molecule has 3 heteroatoms. The number of nitrogens with one attached hydrogen (secondary N) is 2. The first-order valence-electron chi connectivity index (χ1n) is 4.85. The van der Waals surface area contributed by atoms with Crippen molar-refractivity contribution in [2.75, 3.05) is 0 Å². The number of aryl methyl sites for hydroxylation is 1. The summed E-state index contributed by atoms with van der Waals surface area (Å²) in [4.78, 5) is 17.2. The minimum Gasteiger partial charge on any atom is -0.353 e. The zero-order chi connectivity index (χ0) is 10.4. The fraction of sp³-hybridized carbons (Fsp3) is 0.0833. The molecule has 0 amide bonds. The lowest BCUT2D eigenvalue weighted by Gasteiger charge is -1.93. The van der Waals surface area contributed by atoms with E-state index in [1.165, 1.54) is 5.56 Å². The third-order valence-corrected chi connectivity index (χ3v) is 2.75. The van der Waals surface area contributed by atoms with Crippen molar-refractivity contribution in [3.63, 3.8) is 0 Å². The van der Waals surface area contributed by atoms with Crippen LogP contribution in [0, 0.1) is 6.92 Å². The summed E-state index contributed by atoms with van der Waals surface area (Å²) in [6.45, 7) is 2.06. The molecule has 0 atom stereocenters. The van der Waals surface area contributed by atoms with Crippen LogP contribution in [-0.4, -0.2) is 9.97 Å². The molecule has 0 aliphatic carbocycles. The number of para-hydroxylation sites is 1. The molecule has 0 aliphatic heterocycles. The molecular formula is C12H10N2O. The first kappa shape index (κ1) is 8.29. The van der Waals surface area contributed by atoms with Crippen molar-refractivity contribution in [3.8, 4) is 0 Å². The van der Waals surface area contributed by atoms with Crippen LogP contribution in [0.2, 0.25) is 0 Å². The topological polar surface area (TPSA) is 48.6 Å². The average molecular weight is 198 g/mol. The van der Waals surface area contributed by atoms with E-state index in [0.29, 0.717) is 0 Å². The highest BCUT2D eigenvalue weighted by atomic mass is 16.1. The van der Waals surface area contributed by atoms with Gasteiger partial charge in [0.2, 0.25) is 5.56 Å². The molecule has 3 rings (SSSR count). The lowest BCUT2D eigenvalue weighted by atomic mass is 10.1. The normalized spacial score (nSPS) is 11.3. The lowest BCUT2D eigenvalue weighted by molar-refractivity contribution is 1.26. The van der Waals surface area contributed by atoms with E-state index in [4.69, 9.17) is 0 Å². The van der Waals surface area contributed by atoms with Crippen LogP contribution < -0.4 is 5.56 Å². The van der Waals surface area contributed by atoms with Gasteiger partial charge in [-0.25, -0.2) is 0 Å². The molecule has 0 saturated heterocycles. The summed E-state index contributed by atoms with van der Waals surface area (Å²) in [6.07, 6.45) is 1.72. The van der Waals surface area contributed by atoms with Gasteiger partial charge in [-0.1, -0.05) is 18.2 Å². The van der Waals surface area contributed by atoms with E-state index in [9.17, 15) is 4.79 Å². The van der Waals surface area contributed by atoms with Gasteiger partial charge < -0.3 is 9.97 Å². The number of rotatable bonds is 0. The van der Waals surface area contributed by atoms with E-state index in [2.05, 4.69) is 23.0 Å². The first-order valence-corrected chi connectivity index (χ1v) is 4.85. The summed E-state index contributed by atoms with van der Waals surface area (Å²) >= 11 is 0. The molecule has 1 aromatic carbocycles. The van der Waals surface area contributed by atoms with E-state index in [1.807, 2.05) is 12.1 Å². The number of fused-ring (bicyclic) bond motifs is 3. The summed E-state index contributed by atoms with van der Waals surface area (Å²) in [7, 11) is 0. The SMILES string of the molecule is Cc1cccc2c1[nH]c1c[nH]c(=O)cc12. The maximum atomic E-state index is 11.2. The number of aromatic nitrogens is 2. The Bertz CT molecular complexity index is 706. The Labute approximate surface area is 85.8 Å². The fourth-order valence-electron chi connectivity index (χ4n) is 1.99. The van der Waals surface area contributed by atoms with Crippen LogP contribution in [0.4, 0.5) is 0 Å². The summed E-state index contributed by atoms with van der Waals surface area (Å²) in [5.74, 6) is 0. The van der Waals surface area contributed by atoms with Crippen LogP contribution in [0.15, 0.2) is 35.3 Å². The van der Waals surface area contributed by atoms with Crippen molar-refractivity contribution >= 4 is 21.8 Å². The highest BCUT2D eigenvalue weighted by molar-refractivity contribution is 6.07. The zero-order valence-electron chi connectivity index (χ0n) is 8.29. The number of aromatic amines is 2. The second-order valence-electron chi connectivity index (χ2n) is 3.75. The lowest BCUT2D eigenvalue weighted by Crippen LogP contribution is -2.00. The Morgan fingerprint density at radius 3 is 2.93 bits per heavy atom. The Morgan fingerprint density at radius 1 is 1.20 bits per heavy atom. The Balaban J connectivity index is 2.64. The molecule has 0 spiro atoms. The molecule has 2 heterocycles. The molecule has 0 aliphatic rings. The van der Waals surface area contributed by atoms with Crippen molar-refractivity contribution in [3.05, 3.63) is 46.4 Å². The smallest absolute Gasteiger partial charge is 0.248 e. The van der Waals surface area contributed by atoms with Gasteiger partial charge >= 0.3 is 0 Å². The van der Waals surface area contributed by atoms with Crippen molar-refractivity contribution in [1.82, 2.24) is 9.97 Å². The molecule has 0 saturated carbocycles. The Morgan fingerprint density at radius 2 is 2.07 bits per heavy atom. The van der Waals surface area contributed by atoms with Crippen LogP contribution in [0.5, 0.6) is 0 Å². The van der Waals surface area contributed by atoms with Gasteiger partial charge in [-0.3, -0.25) is 4.79 Å². The summed E-state index contributed by atoms with van der Waals surface area (Å²) in [5, 5.41) is 2.09. The molecule has 0 bridgehead atoms. The van der Waals surface area contributed by atoms with E-state index < -0.39 is 0 Å². The zero-order valence-corrected chi connectivity index (χ0v) is 8.29. The second-order valence-corrected chi connectivity index (χ2v) is 3.75. The third kappa shape index (κ3) is 1.09. The minimum atomic E-state index is -0.0649. The van der Waals surface area contributed by atoms with Crippen LogP contribution in [0.25, 0.3) is 21.8 Å². The van der Waals surface area contributed by atoms with Gasteiger partial charge in [-0.2, -0.15) is 0 Å². The molecular weight excluding hydrogens is 188 g/mol. The number of hydrogen-bond acceptors (Lipinski definition) is 1. The van der Waals surface area contributed by atoms with Gasteiger partial charge in [0, 0.05) is 28.6 Å². The predicted molar refractivity (Wildman–Crippen MR) is 61.2 cm³/mol. The van der Waals surface area contributed by atoms with Gasteiger partial charge in [-0.05, 0) is 12.5 Å². The van der Waals surface area contributed by atoms with Gasteiger partial charge in [0.05, 0.1) is 5.52 Å². The third-order valence-electron chi connectivity index (χ3n) is 2.75. The molecule has 74 valence electrons. The van der Waals surface area contributed by atoms with E-state index >= 15 is 0 Å². The molecule has 3 aromatic rings. The quantitative estimate of drug-likeness (QED) is 0.572. The Kier molecular flexibility index (Phi) is 1.51. The van der Waals surface area contributed by atoms with Crippen LogP contribution >= 0.6 is 0 Å². The first-order chi connectivity index (χ1) is 7.25. The van der Waals surface area contributed by atoms with Crippen LogP contribution in [0.3, 0.4) is 0 Å². The van der Waals surface area contributed by atoms with E-state index in [-0.39, 0.29) is 5.56 Å². The van der Waals surface area contributed by atoms with Gasteiger partial charge in [0.1, 0.15) is 0 Å². The van der Waals surface area contributed by atoms with Crippen LogP contribution in [0.1, 0.15) is 5.56 Å². The van der Waals surface area contributed by atoms with Gasteiger partial charge in [0.25, 0.3) is 0 Å². The minimum absolute atomic E-state index is 0.0649. The number of H-pyrrole nitrogens is 2. The fourth-order valence-corrected chi connectivity index (χ4v) is 1.99. The number of pyridine rings is 1. The summed E-state index contributed by atoms with van der Waals surface area (Å²) in [5.41, 5.74) is 3.20. The number of hydrogen-bond donors (Lipinski definition) is 2. The molecule has 15 heavy (non-hydrogen) atoms. The predicted octanol–water partition coefficient (Wildman–Crippen LogP) is 2.32. The Hall–Kier alpha value is -2.03. The van der Waals surface area contributed by atoms with Gasteiger partial charge in [-0.15, -0.1) is 0 Å². The van der Waals surface area contributed by atoms with Crippen molar-refractivity contribution in [2.45, 2.75) is 6.92 Å². The monoisotopic (exact) mass is 198 g/mol. The summed E-state index contributed by atoms with van der Waals surface area (Å²) < 4.78 is 0. The molecule has 2 aromatic heterocycles. The molecule has 0 unspecified atom stereocenters. The number of benzene rings is 1. The highest BCUT2D eigenvalue weighted by Crippen LogP contribution is 2.25. The average Bonchev–Trinajstić information content (AvgIpc) is 2.58. The highest BCUT2D eigenvalue weighted by Gasteiger charge is 2.05. The van der Waals surface area contributed by atoms with Gasteiger partial charge in [0.15, 0.2) is 0 Å². The van der Waals surface area contributed by atoms with E-state index in [1.54, 1.807) is 12.3 Å². The maximum Gasteiger partial charge on any atom is 0.248 e. The molecule has 3 nitrogen and oxygen atoms in total. The standard InChI is InChI=1S/C12H10N2O/c1-7-3-2-4-8-9-5-11(15)13-6-10(9)14-12(7)8/h2-6,14H,1H3,(H,13,15).